The van der Waals surface area contributed by atoms with Gasteiger partial charge in [-0.1, -0.05) is 48.0 Å². The van der Waals surface area contributed by atoms with Crippen LogP contribution in [0.2, 0.25) is 0 Å². The number of benzene rings is 2. The highest BCUT2D eigenvalue weighted by Gasteiger charge is 2.40. The molecule has 0 aliphatic rings. The number of aliphatic hydroxyl groups is 1. The second-order valence-electron chi connectivity index (χ2n) is 11.2. The number of ether oxygens (including phenoxy) is 2. The Balaban J connectivity index is 1.78. The lowest BCUT2D eigenvalue weighted by atomic mass is 9.91. The molecule has 0 saturated heterocycles. The number of amides is 3. The number of aromatic nitrogens is 1. The lowest BCUT2D eigenvalue weighted by molar-refractivity contribution is -0.143. The van der Waals surface area contributed by atoms with Crippen molar-refractivity contribution < 1.29 is 46.4 Å². The van der Waals surface area contributed by atoms with E-state index in [0.717, 1.165) is 23.8 Å². The maximum Gasteiger partial charge on any atom is 0.297 e. The van der Waals surface area contributed by atoms with E-state index in [1.165, 1.54) is 32.5 Å². The van der Waals surface area contributed by atoms with Crippen molar-refractivity contribution in [2.24, 2.45) is 0 Å². The summed E-state index contributed by atoms with van der Waals surface area (Å²) in [4.78, 5) is 57.4. The molecule has 1 unspecified atom stereocenters. The van der Waals surface area contributed by atoms with Gasteiger partial charge in [-0.25, -0.2) is 4.98 Å². The molecule has 0 aliphatic carbocycles. The summed E-state index contributed by atoms with van der Waals surface area (Å²) in [7, 11) is -1.69. The quantitative estimate of drug-likeness (QED) is 0.138. The third kappa shape index (κ3) is 11.0. The number of hydrogen-bond donors (Lipinski definition) is 4. The molecule has 4 atom stereocenters. The summed E-state index contributed by atoms with van der Waals surface area (Å²) in [6.07, 6.45) is 1.29. The predicted octanol–water partition coefficient (Wildman–Crippen LogP) is 1.09. The number of nitrogens with one attached hydrogen (secondary N) is 3. The van der Waals surface area contributed by atoms with Gasteiger partial charge in [0.05, 0.1) is 35.4 Å². The van der Waals surface area contributed by atoms with E-state index >= 15 is 0 Å². The van der Waals surface area contributed by atoms with Crippen LogP contribution in [0.5, 0.6) is 0 Å². The molecule has 0 radical (unpaired) electrons. The normalized spacial score (nSPS) is 14.6. The number of carbonyl (C=O) groups is 4. The molecule has 3 rings (SSSR count). The minimum absolute atomic E-state index is 0.0868. The van der Waals surface area contributed by atoms with Crippen molar-refractivity contribution in [1.82, 2.24) is 20.9 Å². The summed E-state index contributed by atoms with van der Waals surface area (Å²) in [5.41, 5.74) is -0.926. The number of nitrogens with zero attached hydrogens (tertiary/aromatic N) is 1. The van der Waals surface area contributed by atoms with Gasteiger partial charge in [0.25, 0.3) is 16.0 Å². The monoisotopic (exact) mass is 704 g/mol. The third-order valence-electron chi connectivity index (χ3n) is 7.02. The number of aryl methyl sites for hydroxylation is 2. The summed E-state index contributed by atoms with van der Waals surface area (Å²) >= 11 is 1.14. The standard InChI is InChI=1S/C32H40N4O10S2/c1-20-11-13-23(14-12-20)48(42,43)46-19-32(3,41)28(37)24(15-22-9-7-6-8-10-22)34-29(38)25(17-44-4)35-30(39)26(18-45-5)36-31(40)27-16-33-21(2)47-27/h6-14,16,24-26,41H,15,17-19H2,1-5H3,(H,34,38)(H,35,39)(H,36,40)/t24-,25-,26-,32?/m0/s1. The molecular formula is C32H40N4O10S2. The van der Waals surface area contributed by atoms with Gasteiger partial charge in [0.2, 0.25) is 11.8 Å². The Hall–Kier alpha value is -4.06. The molecule has 1 heterocycles. The smallest absolute Gasteiger partial charge is 0.297 e. The Morgan fingerprint density at radius 1 is 0.875 bits per heavy atom. The van der Waals surface area contributed by atoms with Gasteiger partial charge in [0.1, 0.15) is 29.2 Å². The van der Waals surface area contributed by atoms with E-state index in [0.29, 0.717) is 10.6 Å². The molecule has 3 amide bonds. The zero-order valence-electron chi connectivity index (χ0n) is 27.2. The summed E-state index contributed by atoms with van der Waals surface area (Å²) in [6.45, 7) is 3.12. The van der Waals surface area contributed by atoms with E-state index in [-0.39, 0.29) is 29.4 Å². The molecule has 0 bridgehead atoms. The second kappa shape index (κ2) is 17.4. The minimum atomic E-state index is -4.33. The van der Waals surface area contributed by atoms with Crippen molar-refractivity contribution in [2.45, 2.75) is 55.8 Å². The van der Waals surface area contributed by atoms with Crippen LogP contribution in [0.15, 0.2) is 65.7 Å². The lowest BCUT2D eigenvalue weighted by Crippen LogP contribution is -2.60. The average molecular weight is 705 g/mol. The number of hydrogen-bond acceptors (Lipinski definition) is 12. The molecule has 260 valence electrons. The van der Waals surface area contributed by atoms with E-state index in [2.05, 4.69) is 20.9 Å². The third-order valence-corrected chi connectivity index (χ3v) is 9.21. The molecule has 3 aromatic rings. The van der Waals surface area contributed by atoms with Gasteiger partial charge < -0.3 is 30.5 Å². The van der Waals surface area contributed by atoms with Crippen molar-refractivity contribution in [3.63, 3.8) is 0 Å². The van der Waals surface area contributed by atoms with Gasteiger partial charge in [-0.05, 0) is 44.9 Å². The van der Waals surface area contributed by atoms with Crippen LogP contribution >= 0.6 is 11.3 Å². The zero-order chi connectivity index (χ0) is 35.5. The average Bonchev–Trinajstić information content (AvgIpc) is 3.49. The number of carbonyl (C=O) groups excluding carboxylic acids is 4. The Morgan fingerprint density at radius 3 is 1.98 bits per heavy atom. The van der Waals surface area contributed by atoms with Gasteiger partial charge in [0, 0.05) is 14.2 Å². The zero-order valence-corrected chi connectivity index (χ0v) is 28.9. The summed E-state index contributed by atoms with van der Waals surface area (Å²) in [6, 6.07) is 10.5. The van der Waals surface area contributed by atoms with Crippen LogP contribution in [-0.2, 0) is 44.6 Å². The summed E-state index contributed by atoms with van der Waals surface area (Å²) in [5, 5.41) is 19.4. The molecule has 0 fully saturated rings. The van der Waals surface area contributed by atoms with E-state index in [1.807, 2.05) is 0 Å². The van der Waals surface area contributed by atoms with Crippen LogP contribution in [0.3, 0.4) is 0 Å². The molecule has 2 aromatic carbocycles. The van der Waals surface area contributed by atoms with E-state index in [4.69, 9.17) is 13.7 Å². The highest BCUT2D eigenvalue weighted by Crippen LogP contribution is 2.19. The second-order valence-corrected chi connectivity index (χ2v) is 14.0. The number of methoxy groups -OCH3 is 2. The van der Waals surface area contributed by atoms with Crippen molar-refractivity contribution >= 4 is 45.0 Å². The summed E-state index contributed by atoms with van der Waals surface area (Å²) in [5.74, 6) is -3.11. The van der Waals surface area contributed by atoms with Crippen LogP contribution in [0, 0.1) is 13.8 Å². The molecule has 0 saturated carbocycles. The first-order chi connectivity index (χ1) is 22.7. The Morgan fingerprint density at radius 2 is 1.44 bits per heavy atom. The van der Waals surface area contributed by atoms with E-state index in [1.54, 1.807) is 56.3 Å². The van der Waals surface area contributed by atoms with Gasteiger partial charge in [0.15, 0.2) is 5.78 Å². The highest BCUT2D eigenvalue weighted by molar-refractivity contribution is 7.86. The highest BCUT2D eigenvalue weighted by atomic mass is 32.2. The van der Waals surface area contributed by atoms with Gasteiger partial charge in [-0.15, -0.1) is 11.3 Å². The van der Waals surface area contributed by atoms with Crippen LogP contribution in [0.25, 0.3) is 0 Å². The predicted molar refractivity (Wildman–Crippen MR) is 176 cm³/mol. The molecular weight excluding hydrogens is 665 g/mol. The molecule has 16 heteroatoms. The first kappa shape index (κ1) is 38.4. The largest absolute Gasteiger partial charge is 0.382 e. The fourth-order valence-corrected chi connectivity index (χ4v) is 6.08. The van der Waals surface area contributed by atoms with Gasteiger partial charge in [-0.2, -0.15) is 8.42 Å². The van der Waals surface area contributed by atoms with Crippen LogP contribution in [-0.4, -0.2) is 99.8 Å². The fraction of sp³-hybridized carbons (Fsp3) is 0.406. The van der Waals surface area contributed by atoms with E-state index in [9.17, 15) is 32.7 Å². The molecule has 48 heavy (non-hydrogen) atoms. The Bertz CT molecular complexity index is 1660. The van der Waals surface area contributed by atoms with Crippen LogP contribution in [0.1, 0.15) is 32.7 Å². The molecule has 0 spiro atoms. The Labute approximate surface area is 283 Å². The van der Waals surface area contributed by atoms with Gasteiger partial charge in [-0.3, -0.25) is 23.4 Å². The number of Topliss-reactive ketones (excluding diaryl/α,β-unsaturated/α-hetero) is 1. The van der Waals surface area contributed by atoms with Crippen LogP contribution < -0.4 is 16.0 Å². The topological polar surface area (TPSA) is 199 Å². The molecule has 1 aromatic heterocycles. The van der Waals surface area contributed by atoms with Crippen molar-refractivity contribution in [3.8, 4) is 0 Å². The first-order valence-corrected chi connectivity index (χ1v) is 17.0. The molecule has 0 aliphatic heterocycles. The van der Waals surface area contributed by atoms with Crippen molar-refractivity contribution in [3.05, 3.63) is 81.8 Å². The van der Waals surface area contributed by atoms with Crippen LogP contribution in [0.4, 0.5) is 0 Å². The Kier molecular flexibility index (Phi) is 13.9. The number of thiazole rings is 1. The maximum atomic E-state index is 13.7. The van der Waals surface area contributed by atoms with E-state index < -0.39 is 64.0 Å². The van der Waals surface area contributed by atoms with Gasteiger partial charge >= 0.3 is 0 Å². The number of rotatable bonds is 18. The summed E-state index contributed by atoms with van der Waals surface area (Å²) < 4.78 is 40.8. The first-order valence-electron chi connectivity index (χ1n) is 14.8. The maximum absolute atomic E-state index is 13.7. The fourth-order valence-electron chi connectivity index (χ4n) is 4.41. The van der Waals surface area contributed by atoms with Crippen molar-refractivity contribution in [1.29, 1.82) is 0 Å². The molecule has 14 nitrogen and oxygen atoms in total. The minimum Gasteiger partial charge on any atom is -0.382 e. The SMILES string of the molecule is COC[C@H](NC(=O)c1cnc(C)s1)C(=O)N[C@@H](COC)C(=O)N[C@@H](Cc1ccccc1)C(=O)C(C)(O)COS(=O)(=O)c1ccc(C)cc1. The molecule has 4 N–H and O–H groups in total. The van der Waals surface area contributed by atoms with Crippen molar-refractivity contribution in [2.75, 3.05) is 34.0 Å². The number of ketones is 1. The lowest BCUT2D eigenvalue weighted by Gasteiger charge is -2.29.